The van der Waals surface area contributed by atoms with E-state index in [0.717, 1.165) is 6.26 Å². The van der Waals surface area contributed by atoms with Crippen LogP contribution in [0.3, 0.4) is 0 Å². The van der Waals surface area contributed by atoms with E-state index in [9.17, 15) is 8.42 Å². The first kappa shape index (κ1) is 9.30. The Bertz CT molecular complexity index is 94.7. The maximum atomic E-state index is 9.41. The molecule has 40 valence electrons. The van der Waals surface area contributed by atoms with E-state index in [4.69, 9.17) is 0 Å². The first-order chi connectivity index (χ1) is 2.00. The molecule has 0 bridgehead atoms. The normalized spacial score (nSPS) is 9.67. The summed E-state index contributed by atoms with van der Waals surface area (Å²) in [5, 5.41) is 4.33. The Morgan fingerprint density at radius 1 is 1.50 bits per heavy atom. The summed E-state index contributed by atoms with van der Waals surface area (Å²) in [4.78, 5) is 0. The molecule has 0 heterocycles. The molecule has 0 spiro atoms. The van der Waals surface area contributed by atoms with E-state index in [0.29, 0.717) is 0 Å². The van der Waals surface area contributed by atoms with Crippen molar-refractivity contribution in [1.82, 2.24) is 6.15 Å². The third-order valence-corrected chi connectivity index (χ3v) is 0. The van der Waals surface area contributed by atoms with E-state index in [1.54, 1.807) is 0 Å². The van der Waals surface area contributed by atoms with Gasteiger partial charge in [-0.1, -0.05) is 0 Å². The molecule has 0 amide bonds. The minimum Gasteiger partial charge on any atom is -0.369 e. The summed E-state index contributed by atoms with van der Waals surface area (Å²) in [7, 11) is -3.17. The molecule has 0 aromatic rings. The van der Waals surface area contributed by atoms with Crippen molar-refractivity contribution in [3.8, 4) is 0 Å². The van der Waals surface area contributed by atoms with Gasteiger partial charge in [-0.15, -0.1) is 0 Å². The molecule has 0 fully saturated rings. The molecule has 0 aliphatic rings. The van der Waals surface area contributed by atoms with Gasteiger partial charge in [-0.05, 0) is 0 Å². The van der Waals surface area contributed by atoms with Crippen molar-refractivity contribution in [3.05, 3.63) is 0 Å². The molecule has 0 atom stereocenters. The predicted molar refractivity (Wildman–Crippen MR) is 25.0 cm³/mol. The lowest BCUT2D eigenvalue weighted by Crippen LogP contribution is -2.07. The smallest absolute Gasteiger partial charge is 0.206 e. The highest BCUT2D eigenvalue weighted by Gasteiger charge is 1.78. The van der Waals surface area contributed by atoms with E-state index in [1.165, 1.54) is 0 Å². The monoisotopic (exact) mass is 113 g/mol. The second-order valence-corrected chi connectivity index (χ2v) is 2.49. The van der Waals surface area contributed by atoms with Gasteiger partial charge in [0.15, 0.2) is 0 Å². The molecule has 0 saturated carbocycles. The Balaban J connectivity index is 0. The van der Waals surface area contributed by atoms with Gasteiger partial charge < -0.3 is 6.15 Å². The Morgan fingerprint density at radius 3 is 1.50 bits per heavy atom. The third kappa shape index (κ3) is 1890. The molecule has 6 N–H and O–H groups in total. The molecule has 5 heteroatoms. The van der Waals surface area contributed by atoms with Crippen molar-refractivity contribution in [2.24, 2.45) is 5.14 Å². The van der Waals surface area contributed by atoms with E-state index in [-0.39, 0.29) is 6.15 Å². The standard InChI is InChI=1S/CH5NO2S.H3N/c1-5(2,3)4;/h1H3,(H2,2,3,4);1H3/p+1. The molecular weight excluding hydrogens is 104 g/mol. The molecule has 0 rings (SSSR count). The summed E-state index contributed by atoms with van der Waals surface area (Å²) in [5.41, 5.74) is 0. The average Bonchev–Trinajstić information content (AvgIpc) is 0.722. The van der Waals surface area contributed by atoms with E-state index >= 15 is 0 Å². The molecule has 0 aliphatic carbocycles. The first-order valence-corrected chi connectivity index (χ1v) is 2.93. The number of hydrogen-bond acceptors (Lipinski definition) is 2. The average molecular weight is 113 g/mol. The van der Waals surface area contributed by atoms with Crippen molar-refractivity contribution >= 4 is 10.0 Å². The Labute approximate surface area is 37.0 Å². The van der Waals surface area contributed by atoms with Crippen molar-refractivity contribution in [1.29, 1.82) is 0 Å². The van der Waals surface area contributed by atoms with Gasteiger partial charge in [-0.3, -0.25) is 0 Å². The molecule has 4 nitrogen and oxygen atoms in total. The SMILES string of the molecule is CS(N)(=O)=O.[NH4+]. The van der Waals surface area contributed by atoms with Gasteiger partial charge in [-0.25, -0.2) is 13.6 Å². The van der Waals surface area contributed by atoms with Crippen molar-refractivity contribution < 1.29 is 8.42 Å². The largest absolute Gasteiger partial charge is 0.369 e. The molecule has 0 aliphatic heterocycles. The van der Waals surface area contributed by atoms with Crippen molar-refractivity contribution in [2.45, 2.75) is 0 Å². The van der Waals surface area contributed by atoms with Crippen LogP contribution in [-0.4, -0.2) is 14.7 Å². The zero-order valence-electron chi connectivity index (χ0n) is 3.80. The second-order valence-electron chi connectivity index (χ2n) is 0.830. The lowest BCUT2D eigenvalue weighted by atomic mass is 12.0. The molecule has 0 radical (unpaired) electrons. The number of rotatable bonds is 0. The van der Waals surface area contributed by atoms with Crippen LogP contribution in [0.5, 0.6) is 0 Å². The maximum Gasteiger partial charge on any atom is 0.206 e. The highest BCUT2D eigenvalue weighted by molar-refractivity contribution is 7.88. The highest BCUT2D eigenvalue weighted by atomic mass is 32.2. The van der Waals surface area contributed by atoms with Crippen LogP contribution in [0.15, 0.2) is 0 Å². The van der Waals surface area contributed by atoms with Crippen LogP contribution in [0.25, 0.3) is 0 Å². The van der Waals surface area contributed by atoms with Crippen LogP contribution in [0.1, 0.15) is 0 Å². The van der Waals surface area contributed by atoms with Crippen LogP contribution in [0.4, 0.5) is 0 Å². The lowest BCUT2D eigenvalue weighted by molar-refractivity contribution is 0.603. The summed E-state index contributed by atoms with van der Waals surface area (Å²) in [6.45, 7) is 0. The molecule has 0 aromatic heterocycles. The van der Waals surface area contributed by atoms with Crippen molar-refractivity contribution in [3.63, 3.8) is 0 Å². The molecule has 6 heavy (non-hydrogen) atoms. The van der Waals surface area contributed by atoms with Gasteiger partial charge >= 0.3 is 0 Å². The van der Waals surface area contributed by atoms with Crippen LogP contribution < -0.4 is 11.3 Å². The maximum absolute atomic E-state index is 9.41. The van der Waals surface area contributed by atoms with E-state index < -0.39 is 10.0 Å². The van der Waals surface area contributed by atoms with Crippen LogP contribution >= 0.6 is 0 Å². The summed E-state index contributed by atoms with van der Waals surface area (Å²) >= 11 is 0. The third-order valence-electron chi connectivity index (χ3n) is 0. The van der Waals surface area contributed by atoms with Crippen LogP contribution in [0.2, 0.25) is 0 Å². The van der Waals surface area contributed by atoms with Gasteiger partial charge in [0.1, 0.15) is 0 Å². The van der Waals surface area contributed by atoms with E-state index in [2.05, 4.69) is 5.14 Å². The molecule has 0 saturated heterocycles. The molecular formula is CH9N2O2S+. The Morgan fingerprint density at radius 2 is 1.50 bits per heavy atom. The van der Waals surface area contributed by atoms with Crippen molar-refractivity contribution in [2.75, 3.05) is 6.26 Å². The zero-order chi connectivity index (χ0) is 4.50. The first-order valence-electron chi connectivity index (χ1n) is 0.977. The van der Waals surface area contributed by atoms with Gasteiger partial charge in [-0.2, -0.15) is 0 Å². The van der Waals surface area contributed by atoms with Gasteiger partial charge in [0.05, 0.1) is 6.26 Å². The van der Waals surface area contributed by atoms with Crippen LogP contribution in [0, 0.1) is 0 Å². The minimum atomic E-state index is -3.17. The number of quaternary nitrogens is 1. The summed E-state index contributed by atoms with van der Waals surface area (Å²) < 4.78 is 18.8. The topological polar surface area (TPSA) is 96.7 Å². The number of nitrogens with two attached hydrogens (primary N) is 1. The fourth-order valence-electron chi connectivity index (χ4n) is 0. The second kappa shape index (κ2) is 2.12. The summed E-state index contributed by atoms with van der Waals surface area (Å²) in [5.74, 6) is 0. The summed E-state index contributed by atoms with van der Waals surface area (Å²) in [6.07, 6.45) is 0.938. The predicted octanol–water partition coefficient (Wildman–Crippen LogP) is -0.719. The van der Waals surface area contributed by atoms with E-state index in [1.807, 2.05) is 0 Å². The number of hydrogen-bond donors (Lipinski definition) is 2. The lowest BCUT2D eigenvalue weighted by Gasteiger charge is -1.71. The highest BCUT2D eigenvalue weighted by Crippen LogP contribution is 1.52. The zero-order valence-corrected chi connectivity index (χ0v) is 4.62. The number of sulfonamides is 1. The molecule has 0 unspecified atom stereocenters. The number of primary sulfonamides is 1. The summed E-state index contributed by atoms with van der Waals surface area (Å²) in [6, 6.07) is 0. The fraction of sp³-hybridized carbons (Fsp3) is 1.00. The molecule has 0 aromatic carbocycles. The fourth-order valence-corrected chi connectivity index (χ4v) is 0. The quantitative estimate of drug-likeness (QED) is 0.433. The van der Waals surface area contributed by atoms with Gasteiger partial charge in [0.2, 0.25) is 10.0 Å². The van der Waals surface area contributed by atoms with Crippen LogP contribution in [-0.2, 0) is 10.0 Å². The Kier molecular flexibility index (Phi) is 3.28. The van der Waals surface area contributed by atoms with Gasteiger partial charge in [0.25, 0.3) is 0 Å². The minimum absolute atomic E-state index is 0. The van der Waals surface area contributed by atoms with Gasteiger partial charge in [0, 0.05) is 0 Å². The Hall–Kier alpha value is -0.130.